The van der Waals surface area contributed by atoms with Crippen LogP contribution in [0.3, 0.4) is 0 Å². The average molecular weight is 216 g/mol. The van der Waals surface area contributed by atoms with Gasteiger partial charge >= 0.3 is 11.9 Å². The molecule has 0 saturated heterocycles. The lowest BCUT2D eigenvalue weighted by Crippen LogP contribution is -2.14. The molecule has 0 N–H and O–H groups in total. The van der Waals surface area contributed by atoms with E-state index in [1.54, 1.807) is 6.92 Å². The van der Waals surface area contributed by atoms with Crippen molar-refractivity contribution in [1.29, 1.82) is 0 Å². The summed E-state index contributed by atoms with van der Waals surface area (Å²) in [5.41, 5.74) is 0. The van der Waals surface area contributed by atoms with Gasteiger partial charge in [-0.05, 0) is 26.7 Å². The van der Waals surface area contributed by atoms with E-state index in [1.165, 1.54) is 0 Å². The number of hydrogen-bond donors (Lipinski definition) is 0. The molecule has 0 aromatic rings. The number of ether oxygens (including phenoxy) is 2. The highest BCUT2D eigenvalue weighted by molar-refractivity contribution is 5.72. The molecule has 0 saturated carbocycles. The van der Waals surface area contributed by atoms with E-state index in [1.807, 2.05) is 13.8 Å². The van der Waals surface area contributed by atoms with E-state index in [0.29, 0.717) is 13.0 Å². The third-order valence-corrected chi connectivity index (χ3v) is 1.97. The average Bonchev–Trinajstić information content (AvgIpc) is 2.18. The van der Waals surface area contributed by atoms with Crippen molar-refractivity contribution < 1.29 is 19.1 Å². The van der Waals surface area contributed by atoms with Gasteiger partial charge in [0.25, 0.3) is 0 Å². The van der Waals surface area contributed by atoms with Crippen molar-refractivity contribution in [3.8, 4) is 0 Å². The van der Waals surface area contributed by atoms with Crippen LogP contribution in [0.15, 0.2) is 0 Å². The Morgan fingerprint density at radius 3 is 2.27 bits per heavy atom. The van der Waals surface area contributed by atoms with Gasteiger partial charge in [0.1, 0.15) is 0 Å². The third kappa shape index (κ3) is 7.97. The van der Waals surface area contributed by atoms with Crippen molar-refractivity contribution in [1.82, 2.24) is 0 Å². The van der Waals surface area contributed by atoms with Gasteiger partial charge in [-0.25, -0.2) is 0 Å². The number of carbonyl (C=O) groups excluding carboxylic acids is 2. The highest BCUT2D eigenvalue weighted by Crippen LogP contribution is 2.03. The van der Waals surface area contributed by atoms with Gasteiger partial charge in [0.2, 0.25) is 0 Å². The molecular formula is C11H20O4. The molecule has 4 nitrogen and oxygen atoms in total. The van der Waals surface area contributed by atoms with Gasteiger partial charge in [0.05, 0.1) is 12.7 Å². The van der Waals surface area contributed by atoms with Crippen LogP contribution in [-0.2, 0) is 19.1 Å². The Kier molecular flexibility index (Phi) is 7.68. The van der Waals surface area contributed by atoms with Crippen LogP contribution in [0.1, 0.15) is 46.5 Å². The van der Waals surface area contributed by atoms with Gasteiger partial charge in [0.15, 0.2) is 0 Å². The predicted molar refractivity (Wildman–Crippen MR) is 56.3 cm³/mol. The summed E-state index contributed by atoms with van der Waals surface area (Å²) in [6, 6.07) is 0. The van der Waals surface area contributed by atoms with E-state index in [2.05, 4.69) is 0 Å². The molecule has 0 amide bonds. The smallest absolute Gasteiger partial charge is 0.306 e. The normalized spacial score (nSPS) is 11.9. The molecule has 0 heterocycles. The zero-order chi connectivity index (χ0) is 11.7. The summed E-state index contributed by atoms with van der Waals surface area (Å²) in [6.45, 7) is 5.95. The lowest BCUT2D eigenvalue weighted by atomic mass is 10.2. The Morgan fingerprint density at radius 2 is 1.73 bits per heavy atom. The van der Waals surface area contributed by atoms with E-state index in [9.17, 15) is 9.59 Å². The molecule has 0 aliphatic rings. The largest absolute Gasteiger partial charge is 0.466 e. The fourth-order valence-electron chi connectivity index (χ4n) is 0.977. The summed E-state index contributed by atoms with van der Waals surface area (Å²) in [7, 11) is 0. The summed E-state index contributed by atoms with van der Waals surface area (Å²) >= 11 is 0. The quantitative estimate of drug-likeness (QED) is 0.611. The molecule has 0 aromatic heterocycles. The lowest BCUT2D eigenvalue weighted by molar-refractivity contribution is -0.148. The van der Waals surface area contributed by atoms with Crippen LogP contribution in [0.4, 0.5) is 0 Å². The second-order valence-electron chi connectivity index (χ2n) is 3.37. The van der Waals surface area contributed by atoms with Crippen LogP contribution in [0, 0.1) is 0 Å². The van der Waals surface area contributed by atoms with Crippen molar-refractivity contribution in [3.05, 3.63) is 0 Å². The van der Waals surface area contributed by atoms with Crippen molar-refractivity contribution in [2.24, 2.45) is 0 Å². The van der Waals surface area contributed by atoms with E-state index in [0.717, 1.165) is 6.42 Å². The summed E-state index contributed by atoms with van der Waals surface area (Å²) < 4.78 is 9.79. The number of hydrogen-bond acceptors (Lipinski definition) is 4. The standard InChI is InChI=1S/C11H20O4/c1-4-9(3)15-11(13)8-6-7-10(12)14-5-2/h9H,4-8H2,1-3H3. The van der Waals surface area contributed by atoms with Crippen molar-refractivity contribution in [3.63, 3.8) is 0 Å². The molecule has 0 fully saturated rings. The number of esters is 2. The topological polar surface area (TPSA) is 52.6 Å². The minimum Gasteiger partial charge on any atom is -0.466 e. The Bertz CT molecular complexity index is 201. The van der Waals surface area contributed by atoms with Gasteiger partial charge < -0.3 is 9.47 Å². The Labute approximate surface area is 90.9 Å². The first-order valence-electron chi connectivity index (χ1n) is 5.45. The van der Waals surface area contributed by atoms with Crippen LogP contribution >= 0.6 is 0 Å². The van der Waals surface area contributed by atoms with Gasteiger partial charge in [0, 0.05) is 12.8 Å². The molecule has 4 heteroatoms. The molecular weight excluding hydrogens is 196 g/mol. The highest BCUT2D eigenvalue weighted by atomic mass is 16.5. The summed E-state index contributed by atoms with van der Waals surface area (Å²) in [5.74, 6) is -0.498. The molecule has 0 aromatic carbocycles. The molecule has 0 spiro atoms. The first-order valence-corrected chi connectivity index (χ1v) is 5.45. The van der Waals surface area contributed by atoms with Crippen LogP contribution in [0.25, 0.3) is 0 Å². The predicted octanol–water partition coefficient (Wildman–Crippen LogP) is 2.06. The maximum Gasteiger partial charge on any atom is 0.306 e. The second-order valence-corrected chi connectivity index (χ2v) is 3.37. The Morgan fingerprint density at radius 1 is 1.13 bits per heavy atom. The molecule has 1 unspecified atom stereocenters. The fourth-order valence-corrected chi connectivity index (χ4v) is 0.977. The van der Waals surface area contributed by atoms with Gasteiger partial charge in [-0.3, -0.25) is 9.59 Å². The molecule has 1 atom stereocenters. The molecule has 0 radical (unpaired) electrons. The van der Waals surface area contributed by atoms with E-state index >= 15 is 0 Å². The zero-order valence-corrected chi connectivity index (χ0v) is 9.75. The Hall–Kier alpha value is -1.06. The van der Waals surface area contributed by atoms with E-state index in [-0.39, 0.29) is 30.9 Å². The second kappa shape index (κ2) is 8.26. The van der Waals surface area contributed by atoms with E-state index in [4.69, 9.17) is 9.47 Å². The van der Waals surface area contributed by atoms with Gasteiger partial charge in [-0.15, -0.1) is 0 Å². The third-order valence-electron chi connectivity index (χ3n) is 1.97. The molecule has 0 bridgehead atoms. The molecule has 0 aliphatic heterocycles. The fraction of sp³-hybridized carbons (Fsp3) is 0.818. The van der Waals surface area contributed by atoms with Crippen molar-refractivity contribution in [2.75, 3.05) is 6.61 Å². The molecule has 0 aliphatic carbocycles. The zero-order valence-electron chi connectivity index (χ0n) is 9.75. The summed E-state index contributed by atoms with van der Waals surface area (Å²) in [5, 5.41) is 0. The van der Waals surface area contributed by atoms with Crippen molar-refractivity contribution in [2.45, 2.75) is 52.6 Å². The van der Waals surface area contributed by atoms with Crippen molar-refractivity contribution >= 4 is 11.9 Å². The maximum atomic E-state index is 11.2. The molecule has 0 rings (SSSR count). The lowest BCUT2D eigenvalue weighted by Gasteiger charge is -2.10. The monoisotopic (exact) mass is 216 g/mol. The molecule has 88 valence electrons. The minimum atomic E-state index is -0.256. The minimum absolute atomic E-state index is 0.0416. The van der Waals surface area contributed by atoms with Crippen LogP contribution in [-0.4, -0.2) is 24.6 Å². The van der Waals surface area contributed by atoms with E-state index < -0.39 is 0 Å². The maximum absolute atomic E-state index is 11.2. The van der Waals surface area contributed by atoms with Crippen LogP contribution < -0.4 is 0 Å². The molecule has 15 heavy (non-hydrogen) atoms. The summed E-state index contributed by atoms with van der Waals surface area (Å²) in [6.07, 6.45) is 1.82. The number of rotatable bonds is 7. The van der Waals surface area contributed by atoms with Crippen LogP contribution in [0.5, 0.6) is 0 Å². The number of carbonyl (C=O) groups is 2. The summed E-state index contributed by atoms with van der Waals surface area (Å²) in [4.78, 5) is 22.1. The van der Waals surface area contributed by atoms with Gasteiger partial charge in [-0.1, -0.05) is 6.92 Å². The first-order chi connectivity index (χ1) is 7.10. The highest BCUT2D eigenvalue weighted by Gasteiger charge is 2.09. The van der Waals surface area contributed by atoms with Gasteiger partial charge in [-0.2, -0.15) is 0 Å². The Balaban J connectivity index is 3.50. The first kappa shape index (κ1) is 13.9. The van der Waals surface area contributed by atoms with Crippen LogP contribution in [0.2, 0.25) is 0 Å². The SMILES string of the molecule is CCOC(=O)CCCC(=O)OC(C)CC.